The van der Waals surface area contributed by atoms with E-state index in [2.05, 4.69) is 159 Å². The molecule has 0 bridgehead atoms. The lowest BCUT2D eigenvalue weighted by Crippen LogP contribution is -2.26. The molecule has 1 aliphatic rings. The molecular formula is C44H30. The van der Waals surface area contributed by atoms with Crippen molar-refractivity contribution in [1.82, 2.24) is 0 Å². The lowest BCUT2D eigenvalue weighted by atomic mass is 9.83. The van der Waals surface area contributed by atoms with Crippen molar-refractivity contribution in [3.63, 3.8) is 0 Å². The predicted molar refractivity (Wildman–Crippen MR) is 190 cm³/mol. The number of fused-ring (bicyclic) bond motifs is 2. The van der Waals surface area contributed by atoms with E-state index in [1.54, 1.807) is 0 Å². The maximum absolute atomic E-state index is 2.44. The number of hydrogen-bond donors (Lipinski definition) is 0. The monoisotopic (exact) mass is 558 g/mol. The van der Waals surface area contributed by atoms with E-state index < -0.39 is 0 Å². The van der Waals surface area contributed by atoms with Crippen LogP contribution in [-0.4, -0.2) is 0 Å². The summed E-state index contributed by atoms with van der Waals surface area (Å²) >= 11 is 0. The van der Waals surface area contributed by atoms with Gasteiger partial charge in [0.2, 0.25) is 0 Å². The molecule has 0 saturated carbocycles. The molecule has 0 heterocycles. The summed E-state index contributed by atoms with van der Waals surface area (Å²) in [5.74, 6) is 0. The van der Waals surface area contributed by atoms with Gasteiger partial charge in [-0.25, -0.2) is 0 Å². The fraction of sp³-hybridized carbons (Fsp3) is 0.0455. The molecule has 0 heteroatoms. The Balaban J connectivity index is 1.45. The Morgan fingerprint density at radius 2 is 1.20 bits per heavy atom. The van der Waals surface area contributed by atoms with Crippen molar-refractivity contribution in [3.8, 4) is 22.3 Å². The van der Waals surface area contributed by atoms with Crippen LogP contribution in [0.2, 0.25) is 0 Å². The number of benzene rings is 8. The second-order valence-electron chi connectivity index (χ2n) is 12.1. The standard InChI is InChI=1S/C44H30/c1-28-17-19-31(20-18-28)41-27-42(36-16-8-12-30-11-3-6-14-34(30)36)40-24-22-32-21-23-37(38-25-26-39(41)44(40)43(32)38)35-15-7-4-10-29-9-2-5-13-33(29)35/h2-14,16-27H,15H2,1H3. The number of allylic oxidation sites excluding steroid dienone is 2. The van der Waals surface area contributed by atoms with Crippen LogP contribution in [0, 0.1) is 6.92 Å². The molecule has 8 aromatic rings. The molecule has 0 atom stereocenters. The molecule has 0 nitrogen and oxygen atoms in total. The van der Waals surface area contributed by atoms with E-state index in [4.69, 9.17) is 0 Å². The molecule has 8 aromatic carbocycles. The van der Waals surface area contributed by atoms with Crippen LogP contribution in [0.4, 0.5) is 0 Å². The van der Waals surface area contributed by atoms with Gasteiger partial charge < -0.3 is 0 Å². The van der Waals surface area contributed by atoms with Gasteiger partial charge in [0, 0.05) is 0 Å². The Labute approximate surface area is 256 Å². The molecule has 1 aliphatic carbocycles. The summed E-state index contributed by atoms with van der Waals surface area (Å²) in [6.45, 7) is 2.16. The zero-order valence-electron chi connectivity index (χ0n) is 24.6. The third-order valence-corrected chi connectivity index (χ3v) is 9.57. The van der Waals surface area contributed by atoms with E-state index in [-0.39, 0.29) is 0 Å². The molecule has 44 heavy (non-hydrogen) atoms. The second-order valence-corrected chi connectivity index (χ2v) is 12.1. The molecule has 0 saturated heterocycles. The zero-order chi connectivity index (χ0) is 29.2. The van der Waals surface area contributed by atoms with E-state index in [1.807, 2.05) is 0 Å². The van der Waals surface area contributed by atoms with Gasteiger partial charge in [-0.05, 0) is 106 Å². The van der Waals surface area contributed by atoms with Gasteiger partial charge in [-0.3, -0.25) is 0 Å². The molecule has 0 unspecified atom stereocenters. The van der Waals surface area contributed by atoms with Crippen molar-refractivity contribution in [1.29, 1.82) is 0 Å². The first kappa shape index (κ1) is 25.1. The van der Waals surface area contributed by atoms with Gasteiger partial charge in [-0.1, -0.05) is 151 Å². The van der Waals surface area contributed by atoms with E-state index >= 15 is 0 Å². The van der Waals surface area contributed by atoms with Gasteiger partial charge in [-0.15, -0.1) is 0 Å². The second kappa shape index (κ2) is 9.79. The van der Waals surface area contributed by atoms with Crippen LogP contribution in [0.5, 0.6) is 0 Å². The van der Waals surface area contributed by atoms with Crippen LogP contribution in [0.25, 0.3) is 77.0 Å². The van der Waals surface area contributed by atoms with Crippen molar-refractivity contribution in [2.75, 3.05) is 0 Å². The molecule has 206 valence electrons. The first-order valence-corrected chi connectivity index (χ1v) is 15.5. The molecule has 0 fully saturated rings. The minimum Gasteiger partial charge on any atom is -0.0801 e. The summed E-state index contributed by atoms with van der Waals surface area (Å²) < 4.78 is 0. The summed E-state index contributed by atoms with van der Waals surface area (Å²) in [5.41, 5.74) is 9.09. The molecule has 0 aromatic heterocycles. The summed E-state index contributed by atoms with van der Waals surface area (Å²) in [6.07, 6.45) is 7.64. The summed E-state index contributed by atoms with van der Waals surface area (Å²) in [6, 6.07) is 49.8. The molecule has 0 spiro atoms. The SMILES string of the molecule is Cc1ccc(-c2cc(-c3cccc4ccccc34)c3ccc4ccc(C5=c6ccccc6=CC=CC5)c5ccc2c3c45)cc1. The van der Waals surface area contributed by atoms with Crippen molar-refractivity contribution in [3.05, 3.63) is 167 Å². The fourth-order valence-electron chi connectivity index (χ4n) is 7.45. The van der Waals surface area contributed by atoms with Crippen LogP contribution in [0.1, 0.15) is 17.5 Å². The third kappa shape index (κ3) is 3.78. The number of hydrogen-bond acceptors (Lipinski definition) is 0. The van der Waals surface area contributed by atoms with Crippen LogP contribution in [0.3, 0.4) is 0 Å². The lowest BCUT2D eigenvalue weighted by Gasteiger charge is -2.20. The topological polar surface area (TPSA) is 0 Å². The molecule has 9 rings (SSSR count). The highest BCUT2D eigenvalue weighted by molar-refractivity contribution is 6.29. The number of rotatable bonds is 3. The summed E-state index contributed by atoms with van der Waals surface area (Å²) in [7, 11) is 0. The highest BCUT2D eigenvalue weighted by Gasteiger charge is 2.20. The Morgan fingerprint density at radius 3 is 2.11 bits per heavy atom. The Kier molecular flexibility index (Phi) is 5.58. The van der Waals surface area contributed by atoms with E-state index in [0.29, 0.717) is 0 Å². The maximum Gasteiger partial charge on any atom is -0.00141 e. The Bertz CT molecular complexity index is 2560. The van der Waals surface area contributed by atoms with Crippen molar-refractivity contribution in [2.24, 2.45) is 0 Å². The molecule has 0 N–H and O–H groups in total. The van der Waals surface area contributed by atoms with E-state index in [0.717, 1.165) is 6.42 Å². The van der Waals surface area contributed by atoms with Crippen molar-refractivity contribution in [2.45, 2.75) is 13.3 Å². The van der Waals surface area contributed by atoms with Crippen LogP contribution in [0.15, 0.2) is 146 Å². The van der Waals surface area contributed by atoms with Gasteiger partial charge in [0.15, 0.2) is 0 Å². The van der Waals surface area contributed by atoms with Gasteiger partial charge in [0.05, 0.1) is 0 Å². The van der Waals surface area contributed by atoms with Crippen LogP contribution < -0.4 is 10.4 Å². The van der Waals surface area contributed by atoms with Gasteiger partial charge >= 0.3 is 0 Å². The van der Waals surface area contributed by atoms with Crippen LogP contribution >= 0.6 is 0 Å². The Hall–Kier alpha value is -5.46. The molecule has 0 amide bonds. The summed E-state index contributed by atoms with van der Waals surface area (Å²) in [4.78, 5) is 0. The van der Waals surface area contributed by atoms with E-state index in [9.17, 15) is 0 Å². The highest BCUT2D eigenvalue weighted by Crippen LogP contribution is 2.46. The molecule has 0 radical (unpaired) electrons. The van der Waals surface area contributed by atoms with Gasteiger partial charge in [-0.2, -0.15) is 0 Å². The average molecular weight is 559 g/mol. The van der Waals surface area contributed by atoms with Crippen molar-refractivity contribution >= 4 is 54.7 Å². The molecule has 0 aliphatic heterocycles. The molecular weight excluding hydrogens is 528 g/mol. The highest BCUT2D eigenvalue weighted by atomic mass is 14.2. The van der Waals surface area contributed by atoms with E-state index in [1.165, 1.54) is 92.5 Å². The lowest BCUT2D eigenvalue weighted by molar-refractivity contribution is 1.36. The zero-order valence-corrected chi connectivity index (χ0v) is 24.6. The number of aryl methyl sites for hydroxylation is 1. The quantitative estimate of drug-likeness (QED) is 0.189. The largest absolute Gasteiger partial charge is 0.0801 e. The average Bonchev–Trinajstić information content (AvgIpc) is 3.30. The fourth-order valence-corrected chi connectivity index (χ4v) is 7.45. The minimum absolute atomic E-state index is 0.910. The summed E-state index contributed by atoms with van der Waals surface area (Å²) in [5, 5.41) is 13.1. The van der Waals surface area contributed by atoms with Gasteiger partial charge in [0.1, 0.15) is 0 Å². The third-order valence-electron chi connectivity index (χ3n) is 9.57. The Morgan fingerprint density at radius 1 is 0.477 bits per heavy atom. The van der Waals surface area contributed by atoms with Gasteiger partial charge in [0.25, 0.3) is 0 Å². The minimum atomic E-state index is 0.910. The normalized spacial score (nSPS) is 13.1. The first-order valence-electron chi connectivity index (χ1n) is 15.5. The maximum atomic E-state index is 2.44. The predicted octanol–water partition coefficient (Wildman–Crippen LogP) is 10.3. The first-order chi connectivity index (χ1) is 21.7. The smallest absolute Gasteiger partial charge is 0.00141 e. The van der Waals surface area contributed by atoms with Crippen LogP contribution in [-0.2, 0) is 0 Å². The van der Waals surface area contributed by atoms with Crippen molar-refractivity contribution < 1.29 is 0 Å².